The van der Waals surface area contributed by atoms with Crippen LogP contribution in [0.5, 0.6) is 0 Å². The van der Waals surface area contributed by atoms with Crippen LogP contribution in [-0.2, 0) is 21.4 Å². The Balaban J connectivity index is 2.25. The van der Waals surface area contributed by atoms with E-state index in [0.717, 1.165) is 18.3 Å². The average Bonchev–Trinajstić information content (AvgIpc) is 2.63. The van der Waals surface area contributed by atoms with Crippen LogP contribution in [0.25, 0.3) is 0 Å². The number of rotatable bonds is 8. The van der Waals surface area contributed by atoms with E-state index >= 15 is 0 Å². The second-order valence-corrected chi connectivity index (χ2v) is 7.32. The van der Waals surface area contributed by atoms with Crippen LogP contribution < -0.4 is 4.72 Å². The maximum Gasteiger partial charge on any atom is 0.266 e. The lowest BCUT2D eigenvalue weighted by Gasteiger charge is -2.18. The first-order chi connectivity index (χ1) is 12.4. The summed E-state index contributed by atoms with van der Waals surface area (Å²) in [6.45, 7) is -0.307. The second kappa shape index (κ2) is 8.63. The lowest BCUT2D eigenvalue weighted by molar-refractivity contribution is -0.107. The number of sulfonamides is 1. The van der Waals surface area contributed by atoms with Crippen molar-refractivity contribution in [2.75, 3.05) is 0 Å². The third kappa shape index (κ3) is 4.93. The zero-order chi connectivity index (χ0) is 19.2. The smallest absolute Gasteiger partial charge is 0.266 e. The van der Waals surface area contributed by atoms with Crippen molar-refractivity contribution in [3.05, 3.63) is 65.2 Å². The summed E-state index contributed by atoms with van der Waals surface area (Å²) >= 11 is 0. The number of carbonyl (C=O) groups excluding carboxylic acids is 2. The monoisotopic (exact) mass is 380 g/mol. The van der Waals surface area contributed by atoms with Gasteiger partial charge in [-0.05, 0) is 36.2 Å². The number of aliphatic hydroxyl groups excluding tert-OH is 1. The Kier molecular flexibility index (Phi) is 6.53. The van der Waals surface area contributed by atoms with Crippen LogP contribution in [0, 0.1) is 5.82 Å². The standard InChI is InChI=1S/C17H17FN2O5S/c18-14-6-3-12(4-7-14)16(2-1-9-21)26(24,25)20-17(23)13-5-8-15(11-22)19-10-13/h3-10,16,22H,1-2,11H2,(H,20,23). The first kappa shape index (κ1) is 19.7. The summed E-state index contributed by atoms with van der Waals surface area (Å²) in [7, 11) is -4.18. The predicted octanol–water partition coefficient (Wildman–Crippen LogP) is 1.49. The minimum Gasteiger partial charge on any atom is -0.390 e. The van der Waals surface area contributed by atoms with Gasteiger partial charge in [-0.15, -0.1) is 0 Å². The van der Waals surface area contributed by atoms with E-state index in [-0.39, 0.29) is 30.6 Å². The minimum absolute atomic E-state index is 0.000909. The lowest BCUT2D eigenvalue weighted by atomic mass is 10.1. The van der Waals surface area contributed by atoms with Crippen LogP contribution in [0.1, 0.15) is 39.7 Å². The van der Waals surface area contributed by atoms with Gasteiger partial charge in [-0.1, -0.05) is 12.1 Å². The summed E-state index contributed by atoms with van der Waals surface area (Å²) in [5.41, 5.74) is 0.598. The van der Waals surface area contributed by atoms with Crippen LogP contribution in [0.3, 0.4) is 0 Å². The van der Waals surface area contributed by atoms with E-state index in [0.29, 0.717) is 12.0 Å². The van der Waals surface area contributed by atoms with Crippen molar-refractivity contribution < 1.29 is 27.5 Å². The van der Waals surface area contributed by atoms with Crippen molar-refractivity contribution in [1.29, 1.82) is 0 Å². The molecule has 0 saturated carbocycles. The molecule has 1 aromatic carbocycles. The maximum atomic E-state index is 13.1. The van der Waals surface area contributed by atoms with Crippen molar-refractivity contribution in [2.24, 2.45) is 0 Å². The molecule has 0 fully saturated rings. The Morgan fingerprint density at radius 3 is 2.46 bits per heavy atom. The molecule has 1 aromatic heterocycles. The molecule has 2 N–H and O–H groups in total. The number of hydrogen-bond acceptors (Lipinski definition) is 6. The fraction of sp³-hybridized carbons (Fsp3) is 0.235. The van der Waals surface area contributed by atoms with Gasteiger partial charge in [0.15, 0.2) is 0 Å². The first-order valence-electron chi connectivity index (χ1n) is 7.68. The van der Waals surface area contributed by atoms with Gasteiger partial charge in [-0.2, -0.15) is 0 Å². The molecule has 0 radical (unpaired) electrons. The second-order valence-electron chi connectivity index (χ2n) is 5.46. The Bertz CT molecular complexity index is 867. The molecule has 0 saturated heterocycles. The molecule has 0 aliphatic rings. The Morgan fingerprint density at radius 2 is 1.92 bits per heavy atom. The lowest BCUT2D eigenvalue weighted by Crippen LogP contribution is -2.34. The number of halogens is 1. The van der Waals surface area contributed by atoms with E-state index in [2.05, 4.69) is 4.98 Å². The number of pyridine rings is 1. The van der Waals surface area contributed by atoms with Crippen molar-refractivity contribution in [3.63, 3.8) is 0 Å². The highest BCUT2D eigenvalue weighted by Gasteiger charge is 2.29. The van der Waals surface area contributed by atoms with Gasteiger partial charge < -0.3 is 9.90 Å². The maximum absolute atomic E-state index is 13.1. The van der Waals surface area contributed by atoms with Crippen LogP contribution in [0.15, 0.2) is 42.6 Å². The highest BCUT2D eigenvalue weighted by molar-refractivity contribution is 7.90. The Morgan fingerprint density at radius 1 is 1.23 bits per heavy atom. The van der Waals surface area contributed by atoms with Gasteiger partial charge in [-0.25, -0.2) is 17.5 Å². The number of nitrogens with one attached hydrogen (secondary N) is 1. The quantitative estimate of drug-likeness (QED) is 0.671. The van der Waals surface area contributed by atoms with Crippen LogP contribution in [-0.4, -0.2) is 30.7 Å². The Hall–Kier alpha value is -2.65. The summed E-state index contributed by atoms with van der Waals surface area (Å²) < 4.78 is 40.3. The fourth-order valence-corrected chi connectivity index (χ4v) is 3.79. The molecule has 7 nitrogen and oxygen atoms in total. The number of hydrogen-bond donors (Lipinski definition) is 2. The number of aromatic nitrogens is 1. The van der Waals surface area contributed by atoms with Crippen molar-refractivity contribution in [2.45, 2.75) is 24.7 Å². The van der Waals surface area contributed by atoms with Gasteiger partial charge in [-0.3, -0.25) is 9.78 Å². The molecule has 2 rings (SSSR count). The average molecular weight is 380 g/mol. The van der Waals surface area contributed by atoms with E-state index in [1.54, 1.807) is 0 Å². The molecule has 0 aliphatic carbocycles. The van der Waals surface area contributed by atoms with Gasteiger partial charge in [0.05, 0.1) is 17.9 Å². The van der Waals surface area contributed by atoms with E-state index in [1.807, 2.05) is 4.72 Å². The van der Waals surface area contributed by atoms with Crippen molar-refractivity contribution in [1.82, 2.24) is 9.71 Å². The first-order valence-corrected chi connectivity index (χ1v) is 9.23. The van der Waals surface area contributed by atoms with Gasteiger partial charge in [0.1, 0.15) is 17.4 Å². The third-order valence-electron chi connectivity index (χ3n) is 3.65. The highest BCUT2D eigenvalue weighted by atomic mass is 32.2. The summed E-state index contributed by atoms with van der Waals surface area (Å²) in [6.07, 6.45) is 1.63. The Labute approximate surface area is 149 Å². The number of benzene rings is 1. The number of aliphatic hydroxyl groups is 1. The van der Waals surface area contributed by atoms with Gasteiger partial charge >= 0.3 is 0 Å². The molecule has 1 unspecified atom stereocenters. The molecule has 9 heteroatoms. The molecule has 1 atom stereocenters. The van der Waals surface area contributed by atoms with E-state index in [1.165, 1.54) is 24.3 Å². The van der Waals surface area contributed by atoms with Crippen LogP contribution in [0.4, 0.5) is 4.39 Å². The number of aldehydes is 1. The molecular weight excluding hydrogens is 363 g/mol. The molecule has 0 aliphatic heterocycles. The molecule has 1 heterocycles. The zero-order valence-electron chi connectivity index (χ0n) is 13.6. The molecule has 26 heavy (non-hydrogen) atoms. The van der Waals surface area contributed by atoms with Crippen molar-refractivity contribution in [3.8, 4) is 0 Å². The van der Waals surface area contributed by atoms with Gasteiger partial charge in [0, 0.05) is 12.6 Å². The van der Waals surface area contributed by atoms with Crippen molar-refractivity contribution >= 4 is 22.2 Å². The van der Waals surface area contributed by atoms with E-state index in [9.17, 15) is 22.4 Å². The molecule has 138 valence electrons. The predicted molar refractivity (Wildman–Crippen MR) is 91.0 cm³/mol. The highest BCUT2D eigenvalue weighted by Crippen LogP contribution is 2.27. The summed E-state index contributed by atoms with van der Waals surface area (Å²) in [4.78, 5) is 26.7. The van der Waals surface area contributed by atoms with Gasteiger partial charge in [0.25, 0.3) is 5.91 Å². The largest absolute Gasteiger partial charge is 0.390 e. The van der Waals surface area contributed by atoms with Crippen LogP contribution >= 0.6 is 0 Å². The van der Waals surface area contributed by atoms with E-state index in [4.69, 9.17) is 5.11 Å². The normalized spacial score (nSPS) is 12.4. The summed E-state index contributed by atoms with van der Waals surface area (Å²) in [6, 6.07) is 7.54. The fourth-order valence-electron chi connectivity index (χ4n) is 2.31. The zero-order valence-corrected chi connectivity index (χ0v) is 14.4. The number of amides is 1. The minimum atomic E-state index is -4.18. The number of nitrogens with zero attached hydrogens (tertiary/aromatic N) is 1. The van der Waals surface area contributed by atoms with Crippen LogP contribution in [0.2, 0.25) is 0 Å². The molecule has 1 amide bonds. The summed E-state index contributed by atoms with van der Waals surface area (Å²) in [5.74, 6) is -1.42. The molecule has 0 bridgehead atoms. The van der Waals surface area contributed by atoms with E-state index < -0.39 is 27.0 Å². The van der Waals surface area contributed by atoms with Gasteiger partial charge in [0.2, 0.25) is 10.0 Å². The third-order valence-corrected chi connectivity index (χ3v) is 5.37. The SMILES string of the molecule is O=CCCC(c1ccc(F)cc1)S(=O)(=O)NC(=O)c1ccc(CO)nc1. The molecule has 0 spiro atoms. The molecule has 2 aromatic rings. The summed E-state index contributed by atoms with van der Waals surface area (Å²) in [5, 5.41) is 7.75. The number of carbonyl (C=O) groups is 2. The molecular formula is C17H17FN2O5S. The topological polar surface area (TPSA) is 113 Å².